The highest BCUT2D eigenvalue weighted by molar-refractivity contribution is 7.89. The molecular formula is C11H15N3O4S2. The molecular weight excluding hydrogens is 302 g/mol. The number of non-ortho nitro benzene ring substituents is 1. The molecule has 0 spiro atoms. The smallest absolute Gasteiger partial charge is 0.269 e. The average Bonchev–Trinajstić information content (AvgIpc) is 2.38. The molecule has 0 aliphatic heterocycles. The predicted octanol–water partition coefficient (Wildman–Crippen LogP) is 0.906. The zero-order chi connectivity index (χ0) is 15.4. The number of nitrogens with zero attached hydrogens (tertiary/aromatic N) is 1. The van der Waals surface area contributed by atoms with Crippen LogP contribution >= 0.6 is 12.2 Å². The van der Waals surface area contributed by atoms with Crippen LogP contribution in [0.1, 0.15) is 12.5 Å². The fourth-order valence-corrected chi connectivity index (χ4v) is 3.17. The van der Waals surface area contributed by atoms with Crippen LogP contribution in [0.2, 0.25) is 0 Å². The molecule has 1 rings (SSSR count). The minimum absolute atomic E-state index is 0.109. The summed E-state index contributed by atoms with van der Waals surface area (Å²) in [5.41, 5.74) is 0.493. The second kappa shape index (κ2) is 6.25. The van der Waals surface area contributed by atoms with Crippen molar-refractivity contribution in [2.24, 2.45) is 0 Å². The maximum Gasteiger partial charge on any atom is 0.269 e. The van der Waals surface area contributed by atoms with Crippen molar-refractivity contribution < 1.29 is 13.3 Å². The normalized spacial score (nSPS) is 14.3. The molecule has 1 atom stereocenters. The van der Waals surface area contributed by atoms with Crippen LogP contribution in [0.3, 0.4) is 0 Å². The van der Waals surface area contributed by atoms with Gasteiger partial charge in [0, 0.05) is 12.1 Å². The molecule has 0 aliphatic rings. The fraction of sp³-hybridized carbons (Fsp3) is 0.364. The van der Waals surface area contributed by atoms with E-state index in [9.17, 15) is 18.5 Å². The molecule has 1 aromatic rings. The Morgan fingerprint density at radius 3 is 2.65 bits per heavy atom. The number of nitrogens with one attached hydrogen (secondary N) is 2. The highest BCUT2D eigenvalue weighted by Crippen LogP contribution is 2.25. The Bertz CT molecular complexity index is 618. The summed E-state index contributed by atoms with van der Waals surface area (Å²) in [6.45, 7) is 1.61. The highest BCUT2D eigenvalue weighted by Gasteiger charge is 2.32. The lowest BCUT2D eigenvalue weighted by molar-refractivity contribution is -0.385. The Balaban J connectivity index is 3.28. The van der Waals surface area contributed by atoms with Crippen molar-refractivity contribution in [2.45, 2.75) is 12.5 Å². The van der Waals surface area contributed by atoms with Crippen molar-refractivity contribution in [3.63, 3.8) is 0 Å². The van der Waals surface area contributed by atoms with E-state index in [-0.39, 0.29) is 11.4 Å². The van der Waals surface area contributed by atoms with Crippen molar-refractivity contribution in [3.8, 4) is 0 Å². The summed E-state index contributed by atoms with van der Waals surface area (Å²) in [6.07, 6.45) is 0. The molecule has 20 heavy (non-hydrogen) atoms. The molecule has 0 amide bonds. The summed E-state index contributed by atoms with van der Waals surface area (Å²) in [6, 6.07) is 5.79. The highest BCUT2D eigenvalue weighted by atomic mass is 32.2. The van der Waals surface area contributed by atoms with E-state index in [0.717, 1.165) is 0 Å². The van der Waals surface area contributed by atoms with E-state index >= 15 is 0 Å². The predicted molar refractivity (Wildman–Crippen MR) is 80.1 cm³/mol. The molecule has 0 heterocycles. The van der Waals surface area contributed by atoms with Gasteiger partial charge in [0.2, 0.25) is 10.0 Å². The van der Waals surface area contributed by atoms with Crippen molar-refractivity contribution in [1.29, 1.82) is 0 Å². The second-order valence-corrected chi connectivity index (χ2v) is 6.53. The Morgan fingerprint density at radius 1 is 1.50 bits per heavy atom. The molecule has 0 bridgehead atoms. The molecule has 0 unspecified atom stereocenters. The zero-order valence-corrected chi connectivity index (χ0v) is 12.6. The van der Waals surface area contributed by atoms with Gasteiger partial charge in [-0.15, -0.1) is 0 Å². The van der Waals surface area contributed by atoms with Gasteiger partial charge in [-0.1, -0.05) is 24.4 Å². The maximum atomic E-state index is 11.7. The van der Waals surface area contributed by atoms with Crippen molar-refractivity contribution in [3.05, 3.63) is 39.9 Å². The van der Waals surface area contributed by atoms with Crippen LogP contribution in [-0.4, -0.2) is 31.6 Å². The number of sulfonamides is 1. The number of nitro benzene ring substituents is 1. The van der Waals surface area contributed by atoms with Crippen molar-refractivity contribution in [1.82, 2.24) is 10.0 Å². The van der Waals surface area contributed by atoms with E-state index in [1.807, 2.05) is 0 Å². The summed E-state index contributed by atoms with van der Waals surface area (Å²) in [7, 11) is -2.22. The van der Waals surface area contributed by atoms with Gasteiger partial charge in [0.1, 0.15) is 0 Å². The number of hydrogen-bond acceptors (Lipinski definition) is 5. The van der Waals surface area contributed by atoms with Crippen LogP contribution in [0.5, 0.6) is 0 Å². The Labute approximate surface area is 122 Å². The van der Waals surface area contributed by atoms with E-state index in [1.54, 1.807) is 13.0 Å². The first-order chi connectivity index (χ1) is 9.24. The first-order valence-corrected chi connectivity index (χ1v) is 7.74. The zero-order valence-electron chi connectivity index (χ0n) is 11.0. The average molecular weight is 317 g/mol. The molecule has 0 fully saturated rings. The molecule has 0 aromatic heterocycles. The number of nitro groups is 1. The SMILES string of the molecule is CNS(=O)(=O)C[C@](C)(NC=S)c1cccc([N+](=O)[O-])c1. The second-order valence-electron chi connectivity index (χ2n) is 4.36. The van der Waals surface area contributed by atoms with Gasteiger partial charge in [-0.3, -0.25) is 10.1 Å². The largest absolute Gasteiger partial charge is 0.372 e. The van der Waals surface area contributed by atoms with Gasteiger partial charge in [-0.2, -0.15) is 0 Å². The lowest BCUT2D eigenvalue weighted by Crippen LogP contribution is -2.46. The first-order valence-electron chi connectivity index (χ1n) is 5.61. The molecule has 1 aromatic carbocycles. The molecule has 2 N–H and O–H groups in total. The van der Waals surface area contributed by atoms with Crippen LogP contribution in [0.25, 0.3) is 0 Å². The summed E-state index contributed by atoms with van der Waals surface area (Å²) < 4.78 is 25.7. The number of rotatable bonds is 7. The Hall–Kier alpha value is -1.58. The first kappa shape index (κ1) is 16.5. The van der Waals surface area contributed by atoms with Crippen molar-refractivity contribution in [2.75, 3.05) is 12.8 Å². The Kier molecular flexibility index (Phi) is 5.15. The molecule has 110 valence electrons. The lowest BCUT2D eigenvalue weighted by Gasteiger charge is -2.29. The molecule has 7 nitrogen and oxygen atoms in total. The standard InChI is InChI=1S/C11H15N3O4S2/c1-11(13-8-19,7-20(17,18)12-2)9-4-3-5-10(6-9)14(15)16/h3-6,8,12H,7H2,1-2H3,(H,13,19)/t11-/m0/s1. The van der Waals surface area contributed by atoms with Crippen molar-refractivity contribution >= 4 is 33.4 Å². The third-order valence-electron chi connectivity index (χ3n) is 2.86. The van der Waals surface area contributed by atoms with Gasteiger partial charge in [0.05, 0.1) is 21.7 Å². The van der Waals surface area contributed by atoms with E-state index in [2.05, 4.69) is 10.0 Å². The van der Waals surface area contributed by atoms with E-state index in [4.69, 9.17) is 12.2 Å². The molecule has 0 saturated carbocycles. The number of hydrogen-bond donors (Lipinski definition) is 2. The summed E-state index contributed by atoms with van der Waals surface area (Å²) in [5, 5.41) is 13.6. The van der Waals surface area contributed by atoms with Crippen LogP contribution in [-0.2, 0) is 15.6 Å². The maximum absolute atomic E-state index is 11.7. The minimum Gasteiger partial charge on any atom is -0.372 e. The van der Waals surface area contributed by atoms with Gasteiger partial charge in [-0.25, -0.2) is 13.1 Å². The third-order valence-corrected chi connectivity index (χ3v) is 4.56. The third kappa shape index (κ3) is 3.95. The van der Waals surface area contributed by atoms with Gasteiger partial charge in [0.25, 0.3) is 5.69 Å². The van der Waals surface area contributed by atoms with E-state index < -0.39 is 20.5 Å². The summed E-state index contributed by atoms with van der Waals surface area (Å²) in [4.78, 5) is 10.3. The Morgan fingerprint density at radius 2 is 2.15 bits per heavy atom. The van der Waals surface area contributed by atoms with Crippen LogP contribution in [0.4, 0.5) is 5.69 Å². The van der Waals surface area contributed by atoms with E-state index in [0.29, 0.717) is 5.56 Å². The van der Waals surface area contributed by atoms with Gasteiger partial charge in [-0.05, 0) is 19.5 Å². The summed E-state index contributed by atoms with van der Waals surface area (Å²) >= 11 is 4.72. The summed E-state index contributed by atoms with van der Waals surface area (Å²) in [5.74, 6) is -0.301. The van der Waals surface area contributed by atoms with Gasteiger partial charge >= 0.3 is 0 Å². The monoisotopic (exact) mass is 317 g/mol. The quantitative estimate of drug-likeness (QED) is 0.440. The molecule has 0 saturated heterocycles. The molecule has 0 aliphatic carbocycles. The van der Waals surface area contributed by atoms with E-state index in [1.165, 1.54) is 30.7 Å². The fourth-order valence-electron chi connectivity index (χ4n) is 1.75. The van der Waals surface area contributed by atoms with Crippen LogP contribution in [0, 0.1) is 10.1 Å². The van der Waals surface area contributed by atoms with Crippen LogP contribution < -0.4 is 10.0 Å². The molecule has 9 heteroatoms. The van der Waals surface area contributed by atoms with Gasteiger partial charge in [0.15, 0.2) is 0 Å². The molecule has 0 radical (unpaired) electrons. The van der Waals surface area contributed by atoms with Crippen LogP contribution in [0.15, 0.2) is 24.3 Å². The van der Waals surface area contributed by atoms with Gasteiger partial charge < -0.3 is 5.32 Å². The number of thiocarbonyl (C=S) groups is 1. The topological polar surface area (TPSA) is 101 Å². The number of benzene rings is 1. The minimum atomic E-state index is -3.53. The lowest BCUT2D eigenvalue weighted by atomic mass is 9.94.